The smallest absolute Gasteiger partial charge is 0.336 e. The van der Waals surface area contributed by atoms with Crippen molar-refractivity contribution >= 4 is 17.6 Å². The molecule has 0 saturated carbocycles. The van der Waals surface area contributed by atoms with Crippen molar-refractivity contribution in [1.29, 1.82) is 0 Å². The van der Waals surface area contributed by atoms with E-state index in [1.807, 2.05) is 42.5 Å². The number of anilines is 1. The molecule has 4 nitrogen and oxygen atoms in total. The average Bonchev–Trinajstić information content (AvgIpc) is 2.76. The molecule has 0 aliphatic heterocycles. The van der Waals surface area contributed by atoms with E-state index in [0.29, 0.717) is 24.1 Å². The highest BCUT2D eigenvalue weighted by atomic mass is 19.1. The Kier molecular flexibility index (Phi) is 6.96. The predicted molar refractivity (Wildman–Crippen MR) is 116 cm³/mol. The van der Waals surface area contributed by atoms with Crippen LogP contribution in [0.4, 0.5) is 10.1 Å². The second-order valence-electron chi connectivity index (χ2n) is 7.11. The Morgan fingerprint density at radius 2 is 1.67 bits per heavy atom. The SMILES string of the molecule is CCCCC(=O)N(Cc1ccc(-c2cc(F)ccc2C(=O)O)cc1)c1ccccc1. The van der Waals surface area contributed by atoms with E-state index in [0.717, 1.165) is 30.2 Å². The average molecular weight is 405 g/mol. The van der Waals surface area contributed by atoms with E-state index in [-0.39, 0.29) is 11.5 Å². The van der Waals surface area contributed by atoms with Crippen LogP contribution in [0.5, 0.6) is 0 Å². The molecule has 3 aromatic rings. The van der Waals surface area contributed by atoms with E-state index in [1.54, 1.807) is 17.0 Å². The van der Waals surface area contributed by atoms with Gasteiger partial charge >= 0.3 is 5.97 Å². The summed E-state index contributed by atoms with van der Waals surface area (Å²) >= 11 is 0. The number of hydrogen-bond donors (Lipinski definition) is 1. The summed E-state index contributed by atoms with van der Waals surface area (Å²) in [5, 5.41) is 9.38. The molecule has 3 rings (SSSR count). The summed E-state index contributed by atoms with van der Waals surface area (Å²) in [6, 6.07) is 20.4. The van der Waals surface area contributed by atoms with Crippen LogP contribution in [0.1, 0.15) is 42.1 Å². The summed E-state index contributed by atoms with van der Waals surface area (Å²) in [4.78, 5) is 26.0. The molecular weight excluding hydrogens is 381 g/mol. The van der Waals surface area contributed by atoms with Crippen molar-refractivity contribution < 1.29 is 19.1 Å². The van der Waals surface area contributed by atoms with E-state index >= 15 is 0 Å². The van der Waals surface area contributed by atoms with Gasteiger partial charge < -0.3 is 10.0 Å². The minimum Gasteiger partial charge on any atom is -0.478 e. The first kappa shape index (κ1) is 21.2. The highest BCUT2D eigenvalue weighted by molar-refractivity contribution is 5.96. The fourth-order valence-corrected chi connectivity index (χ4v) is 3.31. The van der Waals surface area contributed by atoms with Gasteiger partial charge in [0.2, 0.25) is 5.91 Å². The van der Waals surface area contributed by atoms with Crippen molar-refractivity contribution in [3.8, 4) is 11.1 Å². The minimum absolute atomic E-state index is 0.0461. The van der Waals surface area contributed by atoms with Crippen LogP contribution in [-0.4, -0.2) is 17.0 Å². The lowest BCUT2D eigenvalue weighted by atomic mass is 9.98. The molecule has 0 atom stereocenters. The van der Waals surface area contributed by atoms with Crippen LogP contribution >= 0.6 is 0 Å². The van der Waals surface area contributed by atoms with Crippen molar-refractivity contribution in [1.82, 2.24) is 0 Å². The van der Waals surface area contributed by atoms with Crippen LogP contribution in [0, 0.1) is 5.82 Å². The van der Waals surface area contributed by atoms with Gasteiger partial charge in [0.15, 0.2) is 0 Å². The van der Waals surface area contributed by atoms with Crippen LogP contribution in [0.25, 0.3) is 11.1 Å². The number of carbonyl (C=O) groups excluding carboxylic acids is 1. The van der Waals surface area contributed by atoms with Gasteiger partial charge in [0.05, 0.1) is 12.1 Å². The molecular formula is C25H24FNO3. The number of amides is 1. The molecule has 1 N–H and O–H groups in total. The maximum absolute atomic E-state index is 13.7. The number of rotatable bonds is 8. The van der Waals surface area contributed by atoms with Gasteiger partial charge in [-0.05, 0) is 53.4 Å². The molecule has 0 radical (unpaired) electrons. The molecule has 0 unspecified atom stereocenters. The van der Waals surface area contributed by atoms with Crippen LogP contribution in [0.3, 0.4) is 0 Å². The molecule has 0 saturated heterocycles. The van der Waals surface area contributed by atoms with Gasteiger partial charge in [-0.2, -0.15) is 0 Å². The number of nitrogens with zero attached hydrogens (tertiary/aromatic N) is 1. The summed E-state index contributed by atoms with van der Waals surface area (Å²) in [6.07, 6.45) is 2.26. The number of unbranched alkanes of at least 4 members (excludes halogenated alkanes) is 1. The summed E-state index contributed by atoms with van der Waals surface area (Å²) in [7, 11) is 0. The van der Waals surface area contributed by atoms with E-state index in [2.05, 4.69) is 6.92 Å². The molecule has 0 aromatic heterocycles. The van der Waals surface area contributed by atoms with Gasteiger partial charge in [-0.1, -0.05) is 55.8 Å². The maximum atomic E-state index is 13.7. The van der Waals surface area contributed by atoms with E-state index in [1.165, 1.54) is 12.1 Å². The number of carbonyl (C=O) groups is 2. The summed E-state index contributed by atoms with van der Waals surface area (Å²) in [6.45, 7) is 2.46. The third-order valence-corrected chi connectivity index (χ3v) is 4.93. The van der Waals surface area contributed by atoms with Gasteiger partial charge in [0, 0.05) is 12.1 Å². The second-order valence-corrected chi connectivity index (χ2v) is 7.11. The zero-order chi connectivity index (χ0) is 21.5. The Morgan fingerprint density at radius 1 is 0.967 bits per heavy atom. The third-order valence-electron chi connectivity index (χ3n) is 4.93. The van der Waals surface area contributed by atoms with Crippen LogP contribution in [0.2, 0.25) is 0 Å². The lowest BCUT2D eigenvalue weighted by molar-refractivity contribution is -0.118. The number of carboxylic acids is 1. The second kappa shape index (κ2) is 9.83. The summed E-state index contributed by atoms with van der Waals surface area (Å²) in [5.74, 6) is -1.54. The minimum atomic E-state index is -1.11. The molecule has 3 aromatic carbocycles. The Hall–Kier alpha value is -3.47. The molecule has 0 heterocycles. The van der Waals surface area contributed by atoms with E-state index in [9.17, 15) is 19.1 Å². The van der Waals surface area contributed by atoms with Crippen LogP contribution in [0.15, 0.2) is 72.8 Å². The van der Waals surface area contributed by atoms with Gasteiger partial charge in [0.1, 0.15) is 5.82 Å². The molecule has 5 heteroatoms. The Bertz CT molecular complexity index is 1020. The lowest BCUT2D eigenvalue weighted by Crippen LogP contribution is -2.30. The van der Waals surface area contributed by atoms with Crippen molar-refractivity contribution in [2.24, 2.45) is 0 Å². The molecule has 154 valence electrons. The molecule has 0 bridgehead atoms. The first-order chi connectivity index (χ1) is 14.5. The van der Waals surface area contributed by atoms with Crippen LogP contribution in [-0.2, 0) is 11.3 Å². The number of carboxylic acid groups (broad SMARTS) is 1. The highest BCUT2D eigenvalue weighted by Crippen LogP contribution is 2.26. The predicted octanol–water partition coefficient (Wildman–Crippen LogP) is 5.91. The Morgan fingerprint density at radius 3 is 2.30 bits per heavy atom. The monoisotopic (exact) mass is 405 g/mol. The first-order valence-electron chi connectivity index (χ1n) is 9.97. The highest BCUT2D eigenvalue weighted by Gasteiger charge is 2.17. The van der Waals surface area contributed by atoms with Gasteiger partial charge in [-0.3, -0.25) is 4.79 Å². The van der Waals surface area contributed by atoms with Crippen molar-refractivity contribution in [3.05, 3.63) is 89.7 Å². The largest absolute Gasteiger partial charge is 0.478 e. The normalized spacial score (nSPS) is 10.6. The molecule has 0 spiro atoms. The molecule has 1 amide bonds. The van der Waals surface area contributed by atoms with Crippen molar-refractivity contribution in [2.75, 3.05) is 4.90 Å². The number of benzene rings is 3. The Labute approximate surface area is 175 Å². The first-order valence-corrected chi connectivity index (χ1v) is 9.97. The topological polar surface area (TPSA) is 57.6 Å². The number of hydrogen-bond acceptors (Lipinski definition) is 2. The van der Waals surface area contributed by atoms with Gasteiger partial charge in [-0.15, -0.1) is 0 Å². The Balaban J connectivity index is 1.87. The lowest BCUT2D eigenvalue weighted by Gasteiger charge is -2.23. The maximum Gasteiger partial charge on any atom is 0.336 e. The van der Waals surface area contributed by atoms with Crippen LogP contribution < -0.4 is 4.90 Å². The summed E-state index contributed by atoms with van der Waals surface area (Å²) < 4.78 is 13.7. The molecule has 0 fully saturated rings. The van der Waals surface area contributed by atoms with Crippen molar-refractivity contribution in [2.45, 2.75) is 32.7 Å². The molecule has 0 aliphatic carbocycles. The number of aromatic carboxylic acids is 1. The number of halogens is 1. The van der Waals surface area contributed by atoms with Gasteiger partial charge in [-0.25, -0.2) is 9.18 Å². The number of para-hydroxylation sites is 1. The fourth-order valence-electron chi connectivity index (χ4n) is 3.31. The summed E-state index contributed by atoms with van der Waals surface area (Å²) in [5.41, 5.74) is 2.72. The molecule has 30 heavy (non-hydrogen) atoms. The third kappa shape index (κ3) is 5.11. The zero-order valence-corrected chi connectivity index (χ0v) is 16.8. The van der Waals surface area contributed by atoms with E-state index < -0.39 is 11.8 Å². The fraction of sp³-hybridized carbons (Fsp3) is 0.200. The standard InChI is InChI=1S/C25H24FNO3/c1-2-3-9-24(28)27(21-7-5-4-6-8-21)17-18-10-12-19(13-11-18)23-16-20(26)14-15-22(23)25(29)30/h4-8,10-16H,2-3,9,17H2,1H3,(H,29,30). The quantitative estimate of drug-likeness (QED) is 0.506. The van der Waals surface area contributed by atoms with Gasteiger partial charge in [0.25, 0.3) is 0 Å². The van der Waals surface area contributed by atoms with E-state index in [4.69, 9.17) is 0 Å². The molecule has 0 aliphatic rings. The zero-order valence-electron chi connectivity index (χ0n) is 16.8. The van der Waals surface area contributed by atoms with Crippen molar-refractivity contribution in [3.63, 3.8) is 0 Å².